The second-order valence-electron chi connectivity index (χ2n) is 8.23. The highest BCUT2D eigenvalue weighted by Gasteiger charge is 2.34. The number of Topliss-reactive ketones (excluding diaryl/α,β-unsaturated/α-hetero) is 1. The number of hydrogen-bond acceptors (Lipinski definition) is 5. The van der Waals surface area contributed by atoms with Crippen LogP contribution in [0.15, 0.2) is 49.1 Å². The summed E-state index contributed by atoms with van der Waals surface area (Å²) in [7, 11) is 3.98. The number of fused-ring (bicyclic) bond motifs is 2. The lowest BCUT2D eigenvalue weighted by Crippen LogP contribution is -2.46. The van der Waals surface area contributed by atoms with Crippen LogP contribution < -0.4 is 0 Å². The predicted molar refractivity (Wildman–Crippen MR) is 122 cm³/mol. The molecule has 2 aromatic heterocycles. The second-order valence-corrected chi connectivity index (χ2v) is 8.66. The number of aryl methyl sites for hydroxylation is 1. The zero-order valence-electron chi connectivity index (χ0n) is 17.6. The van der Waals surface area contributed by atoms with E-state index in [1.54, 1.807) is 17.1 Å². The van der Waals surface area contributed by atoms with Crippen molar-refractivity contribution in [3.8, 4) is 0 Å². The second kappa shape index (κ2) is 8.04. The summed E-state index contributed by atoms with van der Waals surface area (Å²) < 4.78 is 1.75. The molecule has 0 amide bonds. The number of rotatable bonds is 3. The van der Waals surface area contributed by atoms with Crippen LogP contribution in [0, 0.1) is 0 Å². The van der Waals surface area contributed by atoms with Gasteiger partial charge in [-0.05, 0) is 48.0 Å². The smallest absolute Gasteiger partial charge is 0.211 e. The number of allylic oxidation sites excluding steroid dienone is 1. The van der Waals surface area contributed by atoms with E-state index >= 15 is 0 Å². The number of benzene rings is 1. The molecule has 1 aromatic carbocycles. The lowest BCUT2D eigenvalue weighted by atomic mass is 9.91. The number of ketones is 1. The average molecular weight is 434 g/mol. The van der Waals surface area contributed by atoms with Crippen LogP contribution in [0.3, 0.4) is 0 Å². The van der Waals surface area contributed by atoms with Gasteiger partial charge >= 0.3 is 0 Å². The van der Waals surface area contributed by atoms with Crippen LogP contribution in [-0.2, 0) is 7.05 Å². The van der Waals surface area contributed by atoms with E-state index in [0.29, 0.717) is 16.3 Å². The largest absolute Gasteiger partial charge is 0.331 e. The number of aromatic nitrogens is 3. The Balaban J connectivity index is 1.72. The third kappa shape index (κ3) is 3.61. The van der Waals surface area contributed by atoms with Gasteiger partial charge in [-0.3, -0.25) is 14.7 Å². The molecule has 2 aliphatic rings. The molecule has 0 bridgehead atoms. The average Bonchev–Trinajstić information content (AvgIpc) is 3.14. The minimum Gasteiger partial charge on any atom is -0.331 e. The zero-order chi connectivity index (χ0) is 21.5. The van der Waals surface area contributed by atoms with Gasteiger partial charge in [0.05, 0.1) is 24.3 Å². The fourth-order valence-corrected chi connectivity index (χ4v) is 4.68. The maximum atomic E-state index is 13.6. The van der Waals surface area contributed by atoms with Crippen LogP contribution in [0.1, 0.15) is 38.9 Å². The van der Waals surface area contributed by atoms with Gasteiger partial charge in [-0.2, -0.15) is 0 Å². The van der Waals surface area contributed by atoms with Gasteiger partial charge < -0.3 is 9.47 Å². The van der Waals surface area contributed by atoms with Crippen molar-refractivity contribution in [2.24, 2.45) is 7.05 Å². The third-order valence-corrected chi connectivity index (χ3v) is 6.46. The molecule has 1 atom stereocenters. The Kier molecular flexibility index (Phi) is 5.22. The molecule has 1 fully saturated rings. The molecule has 1 aliphatic heterocycles. The first-order valence-electron chi connectivity index (χ1n) is 10.4. The molecule has 0 N–H and O–H groups in total. The Morgan fingerprint density at radius 2 is 1.94 bits per heavy atom. The molecule has 1 aliphatic carbocycles. The number of hydrogen-bond donors (Lipinski definition) is 0. The van der Waals surface area contributed by atoms with Crippen LogP contribution in [0.25, 0.3) is 11.6 Å². The standard InChI is InChI=1S/C24H24ClN5O/c1-28-8-10-30(11-9-28)23-18-6-5-17(25)13-19(18)20(12-16-4-3-7-27-22(16)23)24(31)21-14-26-15-29(21)2/h3-7,12-15,23H,8-11H2,1-2H3. The predicted octanol–water partition coefficient (Wildman–Crippen LogP) is 3.54. The summed E-state index contributed by atoms with van der Waals surface area (Å²) in [6.45, 7) is 3.86. The lowest BCUT2D eigenvalue weighted by molar-refractivity contribution is 0.104. The molecule has 0 saturated carbocycles. The molecule has 0 spiro atoms. The highest BCUT2D eigenvalue weighted by atomic mass is 35.5. The Morgan fingerprint density at radius 1 is 1.13 bits per heavy atom. The molecule has 1 unspecified atom stereocenters. The van der Waals surface area contributed by atoms with E-state index in [1.807, 2.05) is 43.6 Å². The van der Waals surface area contributed by atoms with Gasteiger partial charge in [0, 0.05) is 50.0 Å². The number of carbonyl (C=O) groups is 1. The van der Waals surface area contributed by atoms with Crippen molar-refractivity contribution >= 4 is 29.0 Å². The molecule has 3 aromatic rings. The highest BCUT2D eigenvalue weighted by Crippen LogP contribution is 2.41. The molecule has 31 heavy (non-hydrogen) atoms. The number of carbonyl (C=O) groups excluding carboxylic acids is 1. The van der Waals surface area contributed by atoms with Crippen molar-refractivity contribution in [3.05, 3.63) is 82.2 Å². The quantitative estimate of drug-likeness (QED) is 0.591. The third-order valence-electron chi connectivity index (χ3n) is 6.23. The van der Waals surface area contributed by atoms with Crippen molar-refractivity contribution in [3.63, 3.8) is 0 Å². The van der Waals surface area contributed by atoms with E-state index in [9.17, 15) is 4.79 Å². The Morgan fingerprint density at radius 3 is 2.68 bits per heavy atom. The highest BCUT2D eigenvalue weighted by molar-refractivity contribution is 6.34. The van der Waals surface area contributed by atoms with Crippen LogP contribution in [-0.4, -0.2) is 63.3 Å². The van der Waals surface area contributed by atoms with Gasteiger partial charge in [0.1, 0.15) is 5.69 Å². The molecule has 158 valence electrons. The van der Waals surface area contributed by atoms with Crippen LogP contribution in [0.5, 0.6) is 0 Å². The van der Waals surface area contributed by atoms with Crippen molar-refractivity contribution in [1.82, 2.24) is 24.3 Å². The number of likely N-dealkylation sites (N-methyl/N-ethyl adjacent to an activating group) is 1. The minimum atomic E-state index is -0.0719. The lowest BCUT2D eigenvalue weighted by Gasteiger charge is -2.38. The summed E-state index contributed by atoms with van der Waals surface area (Å²) in [4.78, 5) is 27.4. The minimum absolute atomic E-state index is 0.0368. The van der Waals surface area contributed by atoms with Gasteiger partial charge in [0.15, 0.2) is 0 Å². The van der Waals surface area contributed by atoms with E-state index in [1.165, 1.54) is 0 Å². The van der Waals surface area contributed by atoms with Crippen molar-refractivity contribution in [2.75, 3.05) is 33.2 Å². The normalized spacial score (nSPS) is 19.3. The van der Waals surface area contributed by atoms with Gasteiger partial charge in [0.25, 0.3) is 0 Å². The molecule has 1 saturated heterocycles. The molecule has 3 heterocycles. The topological polar surface area (TPSA) is 54.3 Å². The molecule has 5 rings (SSSR count). The van der Waals surface area contributed by atoms with Gasteiger partial charge in [-0.25, -0.2) is 4.98 Å². The van der Waals surface area contributed by atoms with Gasteiger partial charge in [0.2, 0.25) is 5.78 Å². The van der Waals surface area contributed by atoms with Crippen LogP contribution in [0.2, 0.25) is 5.02 Å². The van der Waals surface area contributed by atoms with E-state index in [0.717, 1.165) is 48.6 Å². The zero-order valence-corrected chi connectivity index (χ0v) is 18.4. The summed E-state index contributed by atoms with van der Waals surface area (Å²) in [6.07, 6.45) is 7.05. The summed E-state index contributed by atoms with van der Waals surface area (Å²) in [5, 5.41) is 0.610. The summed E-state index contributed by atoms with van der Waals surface area (Å²) in [6, 6.07) is 9.79. The number of piperazine rings is 1. The van der Waals surface area contributed by atoms with Crippen LogP contribution in [0.4, 0.5) is 0 Å². The summed E-state index contributed by atoms with van der Waals surface area (Å²) >= 11 is 6.43. The van der Waals surface area contributed by atoms with Crippen molar-refractivity contribution in [2.45, 2.75) is 6.04 Å². The van der Waals surface area contributed by atoms with Gasteiger partial charge in [-0.15, -0.1) is 0 Å². The van der Waals surface area contributed by atoms with Crippen molar-refractivity contribution in [1.29, 1.82) is 0 Å². The number of nitrogens with zero attached hydrogens (tertiary/aromatic N) is 5. The van der Waals surface area contributed by atoms with E-state index in [-0.39, 0.29) is 11.8 Å². The molecule has 6 nitrogen and oxygen atoms in total. The number of imidazole rings is 1. The maximum absolute atomic E-state index is 13.6. The summed E-state index contributed by atoms with van der Waals surface area (Å²) in [5.41, 5.74) is 5.02. The van der Waals surface area contributed by atoms with Crippen LogP contribution >= 0.6 is 11.6 Å². The fourth-order valence-electron chi connectivity index (χ4n) is 4.51. The molecular formula is C24H24ClN5O. The Hall–Kier alpha value is -2.80. The Labute approximate surface area is 186 Å². The van der Waals surface area contributed by atoms with E-state index in [2.05, 4.69) is 27.9 Å². The number of pyridine rings is 1. The fraction of sp³-hybridized carbons (Fsp3) is 0.292. The first kappa shape index (κ1) is 20.1. The Bertz CT molecular complexity index is 1180. The molecule has 0 radical (unpaired) electrons. The first-order chi connectivity index (χ1) is 15.0. The SMILES string of the molecule is CN1CCN(C2c3ccc(Cl)cc3C(C(=O)c3cncn3C)=Cc3cccnc32)CC1. The molecular weight excluding hydrogens is 410 g/mol. The monoisotopic (exact) mass is 433 g/mol. The first-order valence-corrected chi connectivity index (χ1v) is 10.8. The van der Waals surface area contributed by atoms with Crippen molar-refractivity contribution < 1.29 is 4.79 Å². The number of halogens is 1. The maximum Gasteiger partial charge on any atom is 0.211 e. The summed E-state index contributed by atoms with van der Waals surface area (Å²) in [5.74, 6) is -0.0719. The van der Waals surface area contributed by atoms with Gasteiger partial charge in [-0.1, -0.05) is 23.7 Å². The van der Waals surface area contributed by atoms with E-state index < -0.39 is 0 Å². The molecule has 7 heteroatoms. The van der Waals surface area contributed by atoms with E-state index in [4.69, 9.17) is 16.6 Å².